The van der Waals surface area contributed by atoms with Crippen LogP contribution in [0.4, 0.5) is 17.3 Å². The minimum Gasteiger partial charge on any atom is -0.455 e. The number of hydrogen-bond acceptors (Lipinski definition) is 6. The number of hydrogen-bond donors (Lipinski definition) is 2. The fourth-order valence-electron chi connectivity index (χ4n) is 2.96. The molecule has 0 aliphatic carbocycles. The first-order valence-electron chi connectivity index (χ1n) is 9.13. The molecule has 0 bridgehead atoms. The quantitative estimate of drug-likeness (QED) is 0.640. The lowest BCUT2D eigenvalue weighted by molar-refractivity contribution is 0.120. The lowest BCUT2D eigenvalue weighted by Crippen LogP contribution is -2.19. The van der Waals surface area contributed by atoms with E-state index in [0.717, 1.165) is 49.0 Å². The molecule has 1 fully saturated rings. The van der Waals surface area contributed by atoms with Crippen LogP contribution in [0.3, 0.4) is 0 Å². The van der Waals surface area contributed by atoms with E-state index < -0.39 is 0 Å². The van der Waals surface area contributed by atoms with E-state index in [1.165, 1.54) is 0 Å². The van der Waals surface area contributed by atoms with Crippen LogP contribution in [-0.2, 0) is 4.74 Å². The van der Waals surface area contributed by atoms with Crippen LogP contribution in [0.2, 0.25) is 0 Å². The summed E-state index contributed by atoms with van der Waals surface area (Å²) in [6.07, 6.45) is 4.02. The lowest BCUT2D eigenvalue weighted by Gasteiger charge is -2.14. The number of nitrogens with one attached hydrogen (secondary N) is 2. The van der Waals surface area contributed by atoms with Crippen LogP contribution in [0.1, 0.15) is 12.8 Å². The summed E-state index contributed by atoms with van der Waals surface area (Å²) in [5, 5.41) is 6.63. The van der Waals surface area contributed by atoms with Crippen LogP contribution >= 0.6 is 0 Å². The third-order valence-corrected chi connectivity index (χ3v) is 4.32. The number of anilines is 3. The van der Waals surface area contributed by atoms with Gasteiger partial charge in [-0.2, -0.15) is 0 Å². The molecular weight excluding hydrogens is 340 g/mol. The van der Waals surface area contributed by atoms with Crippen LogP contribution in [0, 0.1) is 0 Å². The summed E-state index contributed by atoms with van der Waals surface area (Å²) in [4.78, 5) is 8.60. The summed E-state index contributed by atoms with van der Waals surface area (Å²) in [7, 11) is 0. The topological polar surface area (TPSA) is 68.3 Å². The molecule has 0 saturated carbocycles. The van der Waals surface area contributed by atoms with Gasteiger partial charge in [0.2, 0.25) is 0 Å². The Morgan fingerprint density at radius 2 is 1.81 bits per heavy atom. The molecular formula is C21H22N4O2. The van der Waals surface area contributed by atoms with Crippen LogP contribution < -0.4 is 15.4 Å². The molecule has 0 radical (unpaired) electrons. The second-order valence-electron chi connectivity index (χ2n) is 6.34. The van der Waals surface area contributed by atoms with Gasteiger partial charge in [-0.3, -0.25) is 0 Å². The molecule has 1 aliphatic heterocycles. The van der Waals surface area contributed by atoms with Crippen molar-refractivity contribution < 1.29 is 9.47 Å². The Bertz CT molecular complexity index is 867. The van der Waals surface area contributed by atoms with Crippen LogP contribution in [0.5, 0.6) is 11.5 Å². The highest BCUT2D eigenvalue weighted by molar-refractivity contribution is 5.66. The minimum absolute atomic E-state index is 0.261. The van der Waals surface area contributed by atoms with Crippen LogP contribution in [0.15, 0.2) is 67.0 Å². The minimum atomic E-state index is 0.261. The number of ether oxygens (including phenoxy) is 2. The van der Waals surface area contributed by atoms with E-state index in [-0.39, 0.29) is 6.10 Å². The van der Waals surface area contributed by atoms with Crippen LogP contribution in [-0.4, -0.2) is 29.2 Å². The maximum Gasteiger partial charge on any atom is 0.150 e. The monoisotopic (exact) mass is 362 g/mol. The van der Waals surface area contributed by atoms with Crippen molar-refractivity contribution in [2.45, 2.75) is 18.9 Å². The molecule has 0 amide bonds. The molecule has 1 aromatic heterocycles. The van der Waals surface area contributed by atoms with E-state index in [4.69, 9.17) is 9.47 Å². The highest BCUT2D eigenvalue weighted by Crippen LogP contribution is 2.31. The van der Waals surface area contributed by atoms with Crippen molar-refractivity contribution >= 4 is 17.3 Å². The van der Waals surface area contributed by atoms with Gasteiger partial charge in [-0.1, -0.05) is 30.3 Å². The number of nitrogens with zero attached hydrogens (tertiary/aromatic N) is 2. The summed E-state index contributed by atoms with van der Waals surface area (Å²) in [5.74, 6) is 2.98. The van der Waals surface area contributed by atoms with Gasteiger partial charge >= 0.3 is 0 Å². The van der Waals surface area contributed by atoms with Crippen molar-refractivity contribution in [1.29, 1.82) is 0 Å². The SMILES string of the molecule is c1ccc(Oc2ccccc2Nc2cc(NCC3CCCO3)ncn2)cc1. The average molecular weight is 362 g/mol. The Kier molecular flexibility index (Phi) is 5.45. The number of benzene rings is 2. The highest BCUT2D eigenvalue weighted by Gasteiger charge is 2.15. The predicted molar refractivity (Wildman–Crippen MR) is 106 cm³/mol. The first kappa shape index (κ1) is 17.3. The van der Waals surface area contributed by atoms with Gasteiger partial charge < -0.3 is 20.1 Å². The Hall–Kier alpha value is -3.12. The molecule has 4 rings (SSSR count). The fourth-order valence-corrected chi connectivity index (χ4v) is 2.96. The average Bonchev–Trinajstić information content (AvgIpc) is 3.23. The molecule has 2 aromatic carbocycles. The standard InChI is InChI=1S/C21H22N4O2/c1-2-7-16(8-3-1)27-19-11-5-4-10-18(19)25-21-13-20(23-15-24-21)22-14-17-9-6-12-26-17/h1-5,7-8,10-11,13,15,17H,6,9,12,14H2,(H2,22,23,24,25). The molecule has 6 nitrogen and oxygen atoms in total. The molecule has 3 aromatic rings. The lowest BCUT2D eigenvalue weighted by atomic mass is 10.2. The van der Waals surface area contributed by atoms with Gasteiger partial charge in [0.15, 0.2) is 5.75 Å². The highest BCUT2D eigenvalue weighted by atomic mass is 16.5. The zero-order valence-corrected chi connectivity index (χ0v) is 15.0. The Morgan fingerprint density at radius 3 is 2.67 bits per heavy atom. The Labute approximate surface area is 158 Å². The smallest absolute Gasteiger partial charge is 0.150 e. The zero-order chi connectivity index (χ0) is 18.3. The summed E-state index contributed by atoms with van der Waals surface area (Å²) in [5.41, 5.74) is 0.838. The van der Waals surface area contributed by atoms with Crippen molar-refractivity contribution in [2.75, 3.05) is 23.8 Å². The second kappa shape index (κ2) is 8.51. The Morgan fingerprint density at radius 1 is 1.00 bits per heavy atom. The molecule has 6 heteroatoms. The van der Waals surface area contributed by atoms with Gasteiger partial charge in [-0.05, 0) is 37.1 Å². The van der Waals surface area contributed by atoms with E-state index >= 15 is 0 Å². The second-order valence-corrected chi connectivity index (χ2v) is 6.34. The van der Waals surface area contributed by atoms with Gasteiger partial charge in [0.1, 0.15) is 23.7 Å². The maximum absolute atomic E-state index is 5.99. The van der Waals surface area contributed by atoms with E-state index in [0.29, 0.717) is 5.82 Å². The van der Waals surface area contributed by atoms with Gasteiger partial charge in [-0.25, -0.2) is 9.97 Å². The Balaban J connectivity index is 1.45. The molecule has 1 aliphatic rings. The zero-order valence-electron chi connectivity index (χ0n) is 15.0. The van der Waals surface area contributed by atoms with Gasteiger partial charge in [0, 0.05) is 19.2 Å². The summed E-state index contributed by atoms with van der Waals surface area (Å²) in [6, 6.07) is 19.4. The van der Waals surface area contributed by atoms with Crippen molar-refractivity contribution in [3.63, 3.8) is 0 Å². The maximum atomic E-state index is 5.99. The van der Waals surface area contributed by atoms with Gasteiger partial charge in [-0.15, -0.1) is 0 Å². The molecule has 2 N–H and O–H groups in total. The van der Waals surface area contributed by atoms with Crippen LogP contribution in [0.25, 0.3) is 0 Å². The molecule has 0 spiro atoms. The van der Waals surface area contributed by atoms with E-state index in [2.05, 4.69) is 20.6 Å². The van der Waals surface area contributed by atoms with Gasteiger partial charge in [0.25, 0.3) is 0 Å². The number of para-hydroxylation sites is 3. The van der Waals surface area contributed by atoms with Crippen molar-refractivity contribution in [3.8, 4) is 11.5 Å². The molecule has 1 saturated heterocycles. The third kappa shape index (κ3) is 4.74. The molecule has 2 heterocycles. The molecule has 1 atom stereocenters. The number of rotatable bonds is 7. The summed E-state index contributed by atoms with van der Waals surface area (Å²) in [6.45, 7) is 1.60. The van der Waals surface area contributed by atoms with Crippen molar-refractivity contribution in [2.24, 2.45) is 0 Å². The predicted octanol–water partition coefficient (Wildman–Crippen LogP) is 4.60. The van der Waals surface area contributed by atoms with E-state index in [9.17, 15) is 0 Å². The summed E-state index contributed by atoms with van der Waals surface area (Å²) >= 11 is 0. The fraction of sp³-hybridized carbons (Fsp3) is 0.238. The molecule has 27 heavy (non-hydrogen) atoms. The normalized spacial score (nSPS) is 16.1. The van der Waals surface area contributed by atoms with Crippen molar-refractivity contribution in [1.82, 2.24) is 9.97 Å². The molecule has 1 unspecified atom stereocenters. The molecule has 138 valence electrons. The summed E-state index contributed by atoms with van der Waals surface area (Å²) < 4.78 is 11.6. The van der Waals surface area contributed by atoms with Crippen molar-refractivity contribution in [3.05, 3.63) is 67.0 Å². The van der Waals surface area contributed by atoms with E-state index in [1.807, 2.05) is 60.7 Å². The van der Waals surface area contributed by atoms with Gasteiger partial charge in [0.05, 0.1) is 11.8 Å². The van der Waals surface area contributed by atoms with E-state index in [1.54, 1.807) is 6.33 Å². The largest absolute Gasteiger partial charge is 0.455 e. The first-order chi connectivity index (χ1) is 13.4. The number of aromatic nitrogens is 2. The first-order valence-corrected chi connectivity index (χ1v) is 9.13. The third-order valence-electron chi connectivity index (χ3n) is 4.32.